The largest absolute Gasteiger partial charge is 0.397 e. The Labute approximate surface area is 105 Å². The number of benzene rings is 1. The molecule has 1 aliphatic rings. The van der Waals surface area contributed by atoms with E-state index < -0.39 is 0 Å². The number of hydrogen-bond acceptors (Lipinski definition) is 3. The Hall–Kier alpha value is -1.73. The van der Waals surface area contributed by atoms with Crippen molar-refractivity contribution >= 4 is 28.9 Å². The topological polar surface area (TPSA) is 70.1 Å². The minimum atomic E-state index is 0.0115. The zero-order valence-corrected chi connectivity index (χ0v) is 9.94. The molecular weight excluding hydrogens is 238 g/mol. The highest BCUT2D eigenvalue weighted by molar-refractivity contribution is 6.18. The van der Waals surface area contributed by atoms with Gasteiger partial charge in [-0.3, -0.25) is 4.79 Å². The first-order valence-corrected chi connectivity index (χ1v) is 5.85. The molecule has 1 amide bonds. The molecule has 0 saturated carbocycles. The second-order valence-corrected chi connectivity index (χ2v) is 4.42. The number of nitrogen functional groups attached to an aromatic ring is 1. The second-order valence-electron chi connectivity index (χ2n) is 4.11. The molecule has 0 aromatic heterocycles. The van der Waals surface area contributed by atoms with Crippen LogP contribution in [0, 0.1) is 17.2 Å². The normalized spacial score (nSPS) is 19.4. The van der Waals surface area contributed by atoms with Crippen molar-refractivity contribution in [1.82, 2.24) is 0 Å². The standard InChI is InChI=1S/C12H12ClN3O/c13-5-9-4-12(17)16(7-9)11-3-8(6-14)1-2-10(11)15/h1-3,9H,4-5,7,15H2. The molecule has 1 saturated heterocycles. The van der Waals surface area contributed by atoms with Crippen LogP contribution in [-0.4, -0.2) is 18.3 Å². The number of alkyl halides is 1. The zero-order valence-electron chi connectivity index (χ0n) is 9.19. The molecule has 0 spiro atoms. The van der Waals surface area contributed by atoms with Crippen LogP contribution in [0.25, 0.3) is 0 Å². The van der Waals surface area contributed by atoms with Gasteiger partial charge in [-0.05, 0) is 24.1 Å². The predicted molar refractivity (Wildman–Crippen MR) is 66.7 cm³/mol. The Bertz CT molecular complexity index is 495. The number of rotatable bonds is 2. The Morgan fingerprint density at radius 2 is 2.35 bits per heavy atom. The van der Waals surface area contributed by atoms with Gasteiger partial charge in [0.2, 0.25) is 5.91 Å². The number of nitrogens with zero attached hydrogens (tertiary/aromatic N) is 2. The van der Waals surface area contributed by atoms with Gasteiger partial charge in [0, 0.05) is 18.8 Å². The van der Waals surface area contributed by atoms with E-state index in [2.05, 4.69) is 0 Å². The van der Waals surface area contributed by atoms with Crippen molar-refractivity contribution in [2.45, 2.75) is 6.42 Å². The van der Waals surface area contributed by atoms with Gasteiger partial charge in [0.25, 0.3) is 0 Å². The highest BCUT2D eigenvalue weighted by Gasteiger charge is 2.31. The molecule has 2 N–H and O–H groups in total. The van der Waals surface area contributed by atoms with Crippen LogP contribution < -0.4 is 10.6 Å². The van der Waals surface area contributed by atoms with E-state index in [0.29, 0.717) is 35.8 Å². The highest BCUT2D eigenvalue weighted by atomic mass is 35.5. The number of amides is 1. The highest BCUT2D eigenvalue weighted by Crippen LogP contribution is 2.30. The number of nitriles is 1. The van der Waals surface area contributed by atoms with Crippen LogP contribution >= 0.6 is 11.6 Å². The lowest BCUT2D eigenvalue weighted by atomic mass is 10.1. The fourth-order valence-electron chi connectivity index (χ4n) is 1.96. The van der Waals surface area contributed by atoms with Gasteiger partial charge in [-0.15, -0.1) is 11.6 Å². The first-order chi connectivity index (χ1) is 8.15. The molecule has 1 unspecified atom stereocenters. The summed E-state index contributed by atoms with van der Waals surface area (Å²) in [6.45, 7) is 0.571. The minimum Gasteiger partial charge on any atom is -0.397 e. The zero-order chi connectivity index (χ0) is 12.4. The van der Waals surface area contributed by atoms with Gasteiger partial charge in [0.1, 0.15) is 0 Å². The van der Waals surface area contributed by atoms with E-state index in [-0.39, 0.29) is 11.8 Å². The Kier molecular flexibility index (Phi) is 3.21. The summed E-state index contributed by atoms with van der Waals surface area (Å²) in [6, 6.07) is 6.97. The molecule has 17 heavy (non-hydrogen) atoms. The molecule has 1 aromatic carbocycles. The summed E-state index contributed by atoms with van der Waals surface area (Å²) in [4.78, 5) is 13.4. The third-order valence-corrected chi connectivity index (χ3v) is 3.31. The van der Waals surface area contributed by atoms with Gasteiger partial charge in [-0.25, -0.2) is 0 Å². The predicted octanol–water partition coefficient (Wildman–Crippen LogP) is 1.73. The van der Waals surface area contributed by atoms with Gasteiger partial charge in [0.15, 0.2) is 0 Å². The first-order valence-electron chi connectivity index (χ1n) is 5.31. The van der Waals surface area contributed by atoms with Crippen molar-refractivity contribution in [2.75, 3.05) is 23.1 Å². The number of anilines is 2. The minimum absolute atomic E-state index is 0.0115. The lowest BCUT2D eigenvalue weighted by molar-refractivity contribution is -0.117. The molecule has 1 aromatic rings. The van der Waals surface area contributed by atoms with Crippen LogP contribution in [-0.2, 0) is 4.79 Å². The summed E-state index contributed by atoms with van der Waals surface area (Å²) in [5, 5.41) is 8.84. The molecule has 4 nitrogen and oxygen atoms in total. The maximum Gasteiger partial charge on any atom is 0.227 e. The maximum atomic E-state index is 11.8. The average molecular weight is 250 g/mol. The van der Waals surface area contributed by atoms with E-state index in [0.717, 1.165) is 0 Å². The molecule has 0 radical (unpaired) electrons. The van der Waals surface area contributed by atoms with Crippen molar-refractivity contribution in [3.63, 3.8) is 0 Å². The third-order valence-electron chi connectivity index (χ3n) is 2.87. The van der Waals surface area contributed by atoms with Crippen LogP contribution in [0.15, 0.2) is 18.2 Å². The fourth-order valence-corrected chi connectivity index (χ4v) is 2.17. The van der Waals surface area contributed by atoms with E-state index in [1.165, 1.54) is 0 Å². The van der Waals surface area contributed by atoms with Gasteiger partial charge in [-0.2, -0.15) is 5.26 Å². The molecular formula is C12H12ClN3O. The number of carbonyl (C=O) groups is 1. The van der Waals surface area contributed by atoms with Crippen LogP contribution in [0.4, 0.5) is 11.4 Å². The Morgan fingerprint density at radius 1 is 1.59 bits per heavy atom. The second kappa shape index (κ2) is 4.64. The van der Waals surface area contributed by atoms with Crippen LogP contribution in [0.1, 0.15) is 12.0 Å². The summed E-state index contributed by atoms with van der Waals surface area (Å²) >= 11 is 5.76. The Morgan fingerprint density at radius 3 is 2.94 bits per heavy atom. The van der Waals surface area contributed by atoms with Gasteiger partial charge in [-0.1, -0.05) is 0 Å². The number of carbonyl (C=O) groups excluding carboxylic acids is 1. The van der Waals surface area contributed by atoms with Crippen LogP contribution in [0.5, 0.6) is 0 Å². The van der Waals surface area contributed by atoms with Crippen molar-refractivity contribution < 1.29 is 4.79 Å². The van der Waals surface area contributed by atoms with Crippen molar-refractivity contribution in [1.29, 1.82) is 5.26 Å². The number of halogens is 1. The van der Waals surface area contributed by atoms with E-state index in [1.807, 2.05) is 6.07 Å². The first kappa shape index (κ1) is 11.7. The van der Waals surface area contributed by atoms with Gasteiger partial charge >= 0.3 is 0 Å². The number of hydrogen-bond donors (Lipinski definition) is 1. The van der Waals surface area contributed by atoms with E-state index >= 15 is 0 Å². The van der Waals surface area contributed by atoms with Crippen molar-refractivity contribution in [3.05, 3.63) is 23.8 Å². The summed E-state index contributed by atoms with van der Waals surface area (Å²) in [5.74, 6) is 0.631. The quantitative estimate of drug-likeness (QED) is 0.641. The summed E-state index contributed by atoms with van der Waals surface area (Å²) in [7, 11) is 0. The summed E-state index contributed by atoms with van der Waals surface area (Å²) < 4.78 is 0. The van der Waals surface area contributed by atoms with Crippen LogP contribution in [0.3, 0.4) is 0 Å². The number of nitrogens with two attached hydrogens (primary N) is 1. The lowest BCUT2D eigenvalue weighted by Crippen LogP contribution is -2.25. The third kappa shape index (κ3) is 2.20. The molecule has 1 atom stereocenters. The van der Waals surface area contributed by atoms with Crippen LogP contribution in [0.2, 0.25) is 0 Å². The lowest BCUT2D eigenvalue weighted by Gasteiger charge is -2.18. The molecule has 0 bridgehead atoms. The monoisotopic (exact) mass is 249 g/mol. The van der Waals surface area contributed by atoms with E-state index in [9.17, 15) is 4.79 Å². The van der Waals surface area contributed by atoms with Gasteiger partial charge in [0.05, 0.1) is 23.0 Å². The summed E-state index contributed by atoms with van der Waals surface area (Å²) in [5.41, 5.74) is 7.45. The van der Waals surface area contributed by atoms with E-state index in [1.54, 1.807) is 23.1 Å². The van der Waals surface area contributed by atoms with Crippen molar-refractivity contribution in [2.24, 2.45) is 5.92 Å². The average Bonchev–Trinajstić information content (AvgIpc) is 2.71. The Balaban J connectivity index is 2.34. The molecule has 1 heterocycles. The molecule has 1 fully saturated rings. The van der Waals surface area contributed by atoms with Crippen molar-refractivity contribution in [3.8, 4) is 6.07 Å². The SMILES string of the molecule is N#Cc1ccc(N)c(N2CC(CCl)CC2=O)c1. The summed E-state index contributed by atoms with van der Waals surface area (Å²) in [6.07, 6.45) is 0.444. The molecule has 5 heteroatoms. The molecule has 0 aliphatic carbocycles. The fraction of sp³-hybridized carbons (Fsp3) is 0.333. The van der Waals surface area contributed by atoms with E-state index in [4.69, 9.17) is 22.6 Å². The molecule has 1 aliphatic heterocycles. The maximum absolute atomic E-state index is 11.8. The molecule has 88 valence electrons. The molecule has 2 rings (SSSR count). The van der Waals surface area contributed by atoms with Gasteiger partial charge < -0.3 is 10.6 Å². The smallest absolute Gasteiger partial charge is 0.227 e.